The maximum absolute atomic E-state index is 12.5. The van der Waals surface area contributed by atoms with Crippen molar-refractivity contribution in [2.75, 3.05) is 11.5 Å². The Morgan fingerprint density at radius 3 is 2.65 bits per heavy atom. The maximum atomic E-state index is 12.5. The highest BCUT2D eigenvalue weighted by atomic mass is 35.5. The number of nitrogens with zero attached hydrogens (tertiary/aromatic N) is 2. The fourth-order valence-electron chi connectivity index (χ4n) is 2.02. The monoisotopic (exact) mass is 284 g/mol. The third-order valence-electron chi connectivity index (χ3n) is 2.90. The van der Waals surface area contributed by atoms with Crippen LogP contribution in [-0.4, -0.2) is 29.7 Å². The first kappa shape index (κ1) is 12.8. The van der Waals surface area contributed by atoms with E-state index in [4.69, 9.17) is 11.6 Å². The molecule has 0 radical (unpaired) electrons. The number of hydrogen-bond acceptors (Lipinski definition) is 3. The quantitative estimate of drug-likeness (QED) is 0.835. The number of alkyl halides is 2. The van der Waals surface area contributed by atoms with Crippen molar-refractivity contribution in [2.45, 2.75) is 25.3 Å². The zero-order valence-electron chi connectivity index (χ0n) is 9.03. The van der Waals surface area contributed by atoms with Crippen molar-refractivity contribution in [3.8, 4) is 0 Å². The van der Waals surface area contributed by atoms with Crippen molar-refractivity contribution in [1.82, 2.24) is 9.78 Å². The third-order valence-corrected chi connectivity index (χ3v) is 5.06. The molecule has 1 aromatic rings. The number of aromatic nitrogens is 2. The van der Waals surface area contributed by atoms with Crippen LogP contribution in [-0.2, 0) is 15.4 Å². The Bertz CT molecular complexity index is 543. The van der Waals surface area contributed by atoms with Crippen LogP contribution in [0.4, 0.5) is 8.78 Å². The van der Waals surface area contributed by atoms with Gasteiger partial charge in [-0.25, -0.2) is 21.9 Å². The van der Waals surface area contributed by atoms with E-state index in [0.717, 1.165) is 6.07 Å². The van der Waals surface area contributed by atoms with Gasteiger partial charge in [0.2, 0.25) is 0 Å². The Balaban J connectivity index is 2.41. The molecule has 1 aromatic heterocycles. The zero-order valence-corrected chi connectivity index (χ0v) is 10.6. The molecular formula is C9H11ClF2N2O2S. The second-order valence-corrected chi connectivity index (χ2v) is 7.01. The smallest absolute Gasteiger partial charge is 0.247 e. The van der Waals surface area contributed by atoms with Gasteiger partial charge in [0.05, 0.1) is 17.0 Å². The summed E-state index contributed by atoms with van der Waals surface area (Å²) in [6.07, 6.45) is -2.38. The molecule has 0 amide bonds. The predicted molar refractivity (Wildman–Crippen MR) is 59.1 cm³/mol. The summed E-state index contributed by atoms with van der Waals surface area (Å²) < 4.78 is 49.0. The van der Waals surface area contributed by atoms with Gasteiger partial charge in [-0.3, -0.25) is 0 Å². The van der Waals surface area contributed by atoms with E-state index < -0.39 is 27.5 Å². The highest BCUT2D eigenvalue weighted by Gasteiger charge is 2.42. The number of halogens is 3. The highest BCUT2D eigenvalue weighted by Crippen LogP contribution is 2.34. The standard InChI is InChI=1S/C9H11ClF2N2O2S/c1-9(2-3-17(15,16)5-9)14-7(10)4-6(13-14)8(11)12/h4,8H,2-3,5H2,1H3. The topological polar surface area (TPSA) is 52.0 Å². The van der Waals surface area contributed by atoms with E-state index in [1.54, 1.807) is 6.92 Å². The molecule has 0 spiro atoms. The molecule has 0 aliphatic carbocycles. The first-order chi connectivity index (χ1) is 7.73. The van der Waals surface area contributed by atoms with Crippen LogP contribution in [0.25, 0.3) is 0 Å². The Hall–Kier alpha value is -0.690. The van der Waals surface area contributed by atoms with E-state index in [9.17, 15) is 17.2 Å². The van der Waals surface area contributed by atoms with Crippen LogP contribution < -0.4 is 0 Å². The summed E-state index contributed by atoms with van der Waals surface area (Å²) in [4.78, 5) is 0. The molecule has 0 saturated carbocycles. The van der Waals surface area contributed by atoms with Gasteiger partial charge in [-0.15, -0.1) is 0 Å². The number of sulfone groups is 1. The van der Waals surface area contributed by atoms with Crippen LogP contribution in [0.15, 0.2) is 6.07 Å². The summed E-state index contributed by atoms with van der Waals surface area (Å²) in [6, 6.07) is 1.07. The molecule has 1 aliphatic rings. The average molecular weight is 285 g/mol. The summed E-state index contributed by atoms with van der Waals surface area (Å²) in [7, 11) is -3.14. The fourth-order valence-corrected chi connectivity index (χ4v) is 4.48. The first-order valence-electron chi connectivity index (χ1n) is 4.98. The molecule has 8 heteroatoms. The molecule has 1 aliphatic heterocycles. The average Bonchev–Trinajstić information content (AvgIpc) is 2.69. The first-order valence-corrected chi connectivity index (χ1v) is 7.18. The van der Waals surface area contributed by atoms with Gasteiger partial charge in [-0.05, 0) is 13.3 Å². The minimum atomic E-state index is -3.14. The molecule has 1 unspecified atom stereocenters. The summed E-state index contributed by atoms with van der Waals surface area (Å²) in [5, 5.41) is 3.74. The van der Waals surface area contributed by atoms with Crippen LogP contribution in [0, 0.1) is 0 Å². The Morgan fingerprint density at radius 2 is 2.24 bits per heavy atom. The van der Waals surface area contributed by atoms with E-state index in [2.05, 4.69) is 5.10 Å². The van der Waals surface area contributed by atoms with Gasteiger partial charge >= 0.3 is 0 Å². The zero-order chi connectivity index (χ0) is 12.8. The van der Waals surface area contributed by atoms with Gasteiger partial charge < -0.3 is 0 Å². The molecule has 1 saturated heterocycles. The van der Waals surface area contributed by atoms with E-state index in [-0.39, 0.29) is 16.7 Å². The van der Waals surface area contributed by atoms with Gasteiger partial charge in [0, 0.05) is 6.07 Å². The molecule has 1 fully saturated rings. The minimum Gasteiger partial charge on any atom is -0.247 e. The molecule has 17 heavy (non-hydrogen) atoms. The summed E-state index contributed by atoms with van der Waals surface area (Å²) in [5.41, 5.74) is -1.26. The largest absolute Gasteiger partial charge is 0.282 e. The van der Waals surface area contributed by atoms with Crippen LogP contribution >= 0.6 is 11.6 Å². The molecule has 96 valence electrons. The van der Waals surface area contributed by atoms with Crippen molar-refractivity contribution in [2.24, 2.45) is 0 Å². The molecule has 2 rings (SSSR count). The van der Waals surface area contributed by atoms with E-state index in [1.807, 2.05) is 0 Å². The Morgan fingerprint density at radius 1 is 1.59 bits per heavy atom. The minimum absolute atomic E-state index is 0.0314. The number of hydrogen-bond donors (Lipinski definition) is 0. The lowest BCUT2D eigenvalue weighted by Gasteiger charge is -2.23. The molecule has 0 bridgehead atoms. The summed E-state index contributed by atoms with van der Waals surface area (Å²) in [5.74, 6) is -0.0895. The maximum Gasteiger partial charge on any atom is 0.282 e. The van der Waals surface area contributed by atoms with Crippen LogP contribution in [0.5, 0.6) is 0 Å². The highest BCUT2D eigenvalue weighted by molar-refractivity contribution is 7.91. The second-order valence-electron chi connectivity index (χ2n) is 4.44. The van der Waals surface area contributed by atoms with Gasteiger partial charge in [0.25, 0.3) is 6.43 Å². The SMILES string of the molecule is CC1(n2nc(C(F)F)cc2Cl)CCS(=O)(=O)C1. The van der Waals surface area contributed by atoms with Gasteiger partial charge in [-0.1, -0.05) is 11.6 Å². The second kappa shape index (κ2) is 3.91. The molecule has 0 aromatic carbocycles. The molecule has 1 atom stereocenters. The van der Waals surface area contributed by atoms with Gasteiger partial charge in [0.1, 0.15) is 10.8 Å². The van der Waals surface area contributed by atoms with Crippen molar-refractivity contribution in [1.29, 1.82) is 0 Å². The van der Waals surface area contributed by atoms with Crippen LogP contribution in [0.1, 0.15) is 25.5 Å². The lowest BCUT2D eigenvalue weighted by atomic mass is 10.0. The summed E-state index contributed by atoms with van der Waals surface area (Å²) >= 11 is 5.82. The third kappa shape index (κ3) is 2.30. The summed E-state index contributed by atoms with van der Waals surface area (Å²) in [6.45, 7) is 1.66. The predicted octanol–water partition coefficient (Wildman–Crippen LogP) is 2.01. The van der Waals surface area contributed by atoms with Gasteiger partial charge in [0.15, 0.2) is 9.84 Å². The normalized spacial score (nSPS) is 27.8. The van der Waals surface area contributed by atoms with Crippen molar-refractivity contribution >= 4 is 21.4 Å². The van der Waals surface area contributed by atoms with Crippen LogP contribution in [0.2, 0.25) is 5.15 Å². The Labute approximate surface area is 102 Å². The van der Waals surface area contributed by atoms with E-state index in [0.29, 0.717) is 6.42 Å². The van der Waals surface area contributed by atoms with Crippen molar-refractivity contribution in [3.05, 3.63) is 16.9 Å². The lowest BCUT2D eigenvalue weighted by Crippen LogP contribution is -2.32. The molecule has 4 nitrogen and oxygen atoms in total. The fraction of sp³-hybridized carbons (Fsp3) is 0.667. The molecular weight excluding hydrogens is 274 g/mol. The molecule has 2 heterocycles. The van der Waals surface area contributed by atoms with E-state index >= 15 is 0 Å². The van der Waals surface area contributed by atoms with Crippen molar-refractivity contribution in [3.63, 3.8) is 0 Å². The Kier molecular flexibility index (Phi) is 2.94. The number of rotatable bonds is 2. The van der Waals surface area contributed by atoms with Gasteiger partial charge in [-0.2, -0.15) is 5.10 Å². The van der Waals surface area contributed by atoms with E-state index in [1.165, 1.54) is 4.68 Å². The van der Waals surface area contributed by atoms with Crippen molar-refractivity contribution < 1.29 is 17.2 Å². The van der Waals surface area contributed by atoms with Crippen LogP contribution in [0.3, 0.4) is 0 Å². The molecule has 0 N–H and O–H groups in total. The lowest BCUT2D eigenvalue weighted by molar-refractivity contribution is 0.143.